The van der Waals surface area contributed by atoms with Crippen LogP contribution in [0, 0.1) is 0 Å². The van der Waals surface area contributed by atoms with Crippen LogP contribution in [0.1, 0.15) is 30.6 Å². The molecule has 0 radical (unpaired) electrons. The fourth-order valence-corrected chi connectivity index (χ4v) is 2.19. The number of benzene rings is 1. The Morgan fingerprint density at radius 1 is 1.19 bits per heavy atom. The highest BCUT2D eigenvalue weighted by Crippen LogP contribution is 2.10. The monoisotopic (exact) mass is 286 g/mol. The summed E-state index contributed by atoms with van der Waals surface area (Å²) in [5.74, 6) is 0. The molecule has 0 saturated heterocycles. The van der Waals surface area contributed by atoms with Crippen LogP contribution in [0.3, 0.4) is 0 Å². The van der Waals surface area contributed by atoms with Crippen LogP contribution in [0.25, 0.3) is 0 Å². The maximum atomic E-state index is 11.0. The second kappa shape index (κ2) is 7.76. The third-order valence-corrected chi connectivity index (χ3v) is 3.56. The van der Waals surface area contributed by atoms with E-state index in [1.54, 1.807) is 12.3 Å². The number of H-pyrrole nitrogens is 1. The van der Waals surface area contributed by atoms with E-state index in [-0.39, 0.29) is 5.56 Å². The van der Waals surface area contributed by atoms with Gasteiger partial charge in [-0.15, -0.1) is 0 Å². The Hall–Kier alpha value is -1.91. The number of hydrogen-bond acceptors (Lipinski definition) is 3. The zero-order valence-corrected chi connectivity index (χ0v) is 12.3. The van der Waals surface area contributed by atoms with E-state index < -0.39 is 6.10 Å². The summed E-state index contributed by atoms with van der Waals surface area (Å²) in [6.45, 7) is 2.59. The van der Waals surface area contributed by atoms with Gasteiger partial charge in [0.15, 0.2) is 0 Å². The largest absolute Gasteiger partial charge is 0.387 e. The number of pyridine rings is 1. The maximum Gasteiger partial charge on any atom is 0.247 e. The van der Waals surface area contributed by atoms with Gasteiger partial charge < -0.3 is 15.4 Å². The third-order valence-electron chi connectivity index (χ3n) is 3.56. The molecule has 2 aromatic rings. The van der Waals surface area contributed by atoms with Crippen LogP contribution in [0.2, 0.25) is 0 Å². The van der Waals surface area contributed by atoms with Crippen LogP contribution in [-0.4, -0.2) is 22.7 Å². The predicted molar refractivity (Wildman–Crippen MR) is 84.3 cm³/mol. The molecule has 0 amide bonds. The van der Waals surface area contributed by atoms with E-state index >= 15 is 0 Å². The molecular weight excluding hydrogens is 264 g/mol. The Morgan fingerprint density at radius 3 is 2.62 bits per heavy atom. The summed E-state index contributed by atoms with van der Waals surface area (Å²) in [4.78, 5) is 13.5. The molecule has 21 heavy (non-hydrogen) atoms. The molecule has 0 aliphatic heterocycles. The summed E-state index contributed by atoms with van der Waals surface area (Å²) >= 11 is 0. The SMILES string of the molecule is CC(CCc1ccccc1)NCC(O)c1ccc(=O)[nH]c1. The van der Waals surface area contributed by atoms with E-state index in [4.69, 9.17) is 0 Å². The quantitative estimate of drug-likeness (QED) is 0.729. The van der Waals surface area contributed by atoms with Gasteiger partial charge in [-0.05, 0) is 37.0 Å². The summed E-state index contributed by atoms with van der Waals surface area (Å²) in [5.41, 5.74) is 1.89. The van der Waals surface area contributed by atoms with Crippen molar-refractivity contribution in [3.63, 3.8) is 0 Å². The summed E-state index contributed by atoms with van der Waals surface area (Å²) in [6.07, 6.45) is 2.98. The average molecular weight is 286 g/mol. The molecule has 2 unspecified atom stereocenters. The number of hydrogen-bond donors (Lipinski definition) is 3. The fourth-order valence-electron chi connectivity index (χ4n) is 2.19. The summed E-state index contributed by atoms with van der Waals surface area (Å²) in [5, 5.41) is 13.4. The van der Waals surface area contributed by atoms with Gasteiger partial charge in [-0.1, -0.05) is 30.3 Å². The zero-order valence-electron chi connectivity index (χ0n) is 12.3. The minimum Gasteiger partial charge on any atom is -0.387 e. The van der Waals surface area contributed by atoms with Crippen LogP contribution >= 0.6 is 0 Å². The molecular formula is C17H22N2O2. The molecule has 0 aliphatic rings. The first kappa shape index (κ1) is 15.5. The Balaban J connectivity index is 1.74. The van der Waals surface area contributed by atoms with Gasteiger partial charge in [0.25, 0.3) is 0 Å². The first-order valence-electron chi connectivity index (χ1n) is 7.29. The van der Waals surface area contributed by atoms with E-state index in [9.17, 15) is 9.90 Å². The number of aryl methyl sites for hydroxylation is 1. The van der Waals surface area contributed by atoms with E-state index in [1.165, 1.54) is 11.6 Å². The van der Waals surface area contributed by atoms with E-state index in [2.05, 4.69) is 29.4 Å². The Kier molecular flexibility index (Phi) is 5.72. The van der Waals surface area contributed by atoms with E-state index in [0.717, 1.165) is 18.4 Å². The first-order chi connectivity index (χ1) is 10.1. The van der Waals surface area contributed by atoms with Crippen molar-refractivity contribution >= 4 is 0 Å². The Labute approximate surface area is 124 Å². The number of aliphatic hydroxyl groups is 1. The lowest BCUT2D eigenvalue weighted by atomic mass is 10.1. The highest BCUT2D eigenvalue weighted by atomic mass is 16.3. The minimum atomic E-state index is -0.610. The highest BCUT2D eigenvalue weighted by Gasteiger charge is 2.09. The maximum absolute atomic E-state index is 11.0. The average Bonchev–Trinajstić information content (AvgIpc) is 2.52. The van der Waals surface area contributed by atoms with Crippen molar-refractivity contribution in [2.24, 2.45) is 0 Å². The Bertz CT molecular complexity index is 575. The highest BCUT2D eigenvalue weighted by molar-refractivity contribution is 5.15. The molecule has 3 N–H and O–H groups in total. The third kappa shape index (κ3) is 5.17. The van der Waals surface area contributed by atoms with Crippen molar-refractivity contribution in [1.29, 1.82) is 0 Å². The lowest BCUT2D eigenvalue weighted by Gasteiger charge is -2.17. The summed E-state index contributed by atoms with van der Waals surface area (Å²) in [7, 11) is 0. The zero-order chi connectivity index (χ0) is 15.1. The van der Waals surface area contributed by atoms with Gasteiger partial charge in [-0.25, -0.2) is 0 Å². The standard InChI is InChI=1S/C17H22N2O2/c1-13(7-8-14-5-3-2-4-6-14)18-12-16(20)15-9-10-17(21)19-11-15/h2-6,9-11,13,16,18,20H,7-8,12H2,1H3,(H,19,21). The van der Waals surface area contributed by atoms with Crippen molar-refractivity contribution in [3.8, 4) is 0 Å². The predicted octanol–water partition coefficient (Wildman–Crippen LogP) is 2.02. The molecule has 0 spiro atoms. The molecule has 0 saturated carbocycles. The van der Waals surface area contributed by atoms with Crippen molar-refractivity contribution in [2.75, 3.05) is 6.54 Å². The van der Waals surface area contributed by atoms with Crippen molar-refractivity contribution in [2.45, 2.75) is 31.9 Å². The molecule has 112 valence electrons. The number of nitrogens with one attached hydrogen (secondary N) is 2. The van der Waals surface area contributed by atoms with Crippen LogP contribution in [0.5, 0.6) is 0 Å². The minimum absolute atomic E-state index is 0.157. The number of aromatic amines is 1. The Morgan fingerprint density at radius 2 is 1.95 bits per heavy atom. The number of aliphatic hydroxyl groups excluding tert-OH is 1. The molecule has 0 bridgehead atoms. The van der Waals surface area contributed by atoms with Crippen molar-refractivity contribution in [1.82, 2.24) is 10.3 Å². The second-order valence-electron chi connectivity index (χ2n) is 5.34. The van der Waals surface area contributed by atoms with Gasteiger partial charge in [-0.3, -0.25) is 4.79 Å². The van der Waals surface area contributed by atoms with E-state index in [0.29, 0.717) is 12.6 Å². The van der Waals surface area contributed by atoms with Gasteiger partial charge in [0.2, 0.25) is 5.56 Å². The first-order valence-corrected chi connectivity index (χ1v) is 7.29. The van der Waals surface area contributed by atoms with Crippen LogP contribution in [0.15, 0.2) is 53.5 Å². The van der Waals surface area contributed by atoms with Crippen LogP contribution < -0.4 is 10.9 Å². The second-order valence-corrected chi connectivity index (χ2v) is 5.34. The molecule has 2 rings (SSSR count). The molecule has 2 atom stereocenters. The number of aromatic nitrogens is 1. The molecule has 1 heterocycles. The normalized spacial score (nSPS) is 13.8. The van der Waals surface area contributed by atoms with Crippen LogP contribution in [-0.2, 0) is 6.42 Å². The fraction of sp³-hybridized carbons (Fsp3) is 0.353. The summed E-state index contributed by atoms with van der Waals surface area (Å²) in [6, 6.07) is 13.8. The van der Waals surface area contributed by atoms with Crippen molar-refractivity contribution < 1.29 is 5.11 Å². The lowest BCUT2D eigenvalue weighted by Crippen LogP contribution is -2.31. The molecule has 1 aromatic heterocycles. The molecule has 4 nitrogen and oxygen atoms in total. The molecule has 0 aliphatic carbocycles. The molecule has 1 aromatic carbocycles. The topological polar surface area (TPSA) is 65.1 Å². The van der Waals surface area contributed by atoms with Gasteiger partial charge in [0.05, 0.1) is 6.10 Å². The van der Waals surface area contributed by atoms with Crippen molar-refractivity contribution in [3.05, 3.63) is 70.1 Å². The summed E-state index contributed by atoms with van der Waals surface area (Å²) < 4.78 is 0. The van der Waals surface area contributed by atoms with Gasteiger partial charge in [0.1, 0.15) is 0 Å². The lowest BCUT2D eigenvalue weighted by molar-refractivity contribution is 0.169. The number of rotatable bonds is 7. The smallest absolute Gasteiger partial charge is 0.247 e. The van der Waals surface area contributed by atoms with Gasteiger partial charge >= 0.3 is 0 Å². The van der Waals surface area contributed by atoms with Crippen LogP contribution in [0.4, 0.5) is 0 Å². The van der Waals surface area contributed by atoms with Gasteiger partial charge in [-0.2, -0.15) is 0 Å². The molecule has 4 heteroatoms. The molecule has 0 fully saturated rings. The van der Waals surface area contributed by atoms with Gasteiger partial charge in [0, 0.05) is 24.8 Å². The van der Waals surface area contributed by atoms with E-state index in [1.807, 2.05) is 18.2 Å².